The summed E-state index contributed by atoms with van der Waals surface area (Å²) in [6, 6.07) is 19.5. The molecule has 1 aliphatic rings. The summed E-state index contributed by atoms with van der Waals surface area (Å²) in [5.74, 6) is 0. The van der Waals surface area contributed by atoms with E-state index in [2.05, 4.69) is 70.5 Å². The van der Waals surface area contributed by atoms with Crippen molar-refractivity contribution in [3.63, 3.8) is 0 Å². The van der Waals surface area contributed by atoms with Gasteiger partial charge in [-0.05, 0) is 35.1 Å². The van der Waals surface area contributed by atoms with Crippen LogP contribution in [0.2, 0.25) is 0 Å². The van der Waals surface area contributed by atoms with E-state index >= 15 is 0 Å². The largest absolute Gasteiger partial charge is 0.0880 e. The van der Waals surface area contributed by atoms with E-state index in [0.29, 0.717) is 0 Å². The molecule has 0 aromatic heterocycles. The van der Waals surface area contributed by atoms with Gasteiger partial charge in [-0.15, -0.1) is 0 Å². The average Bonchev–Trinajstić information content (AvgIpc) is 2.47. The van der Waals surface area contributed by atoms with Crippen molar-refractivity contribution in [2.45, 2.75) is 12.8 Å². The maximum absolute atomic E-state index is 3.64. The summed E-state index contributed by atoms with van der Waals surface area (Å²) >= 11 is 3.64. The molecule has 0 saturated carbocycles. The van der Waals surface area contributed by atoms with Crippen LogP contribution >= 0.6 is 15.9 Å². The number of fused-ring (bicyclic) bond motifs is 1. The lowest BCUT2D eigenvalue weighted by atomic mass is 9.83. The molecule has 0 heterocycles. The highest BCUT2D eigenvalue weighted by Gasteiger charge is 2.18. The minimum absolute atomic E-state index is 0.964. The Balaban J connectivity index is 2.22. The van der Waals surface area contributed by atoms with Crippen LogP contribution < -0.4 is 0 Å². The Bertz CT molecular complexity index is 582. The molecule has 3 rings (SSSR count). The molecule has 0 saturated heterocycles. The number of hydrogen-bond acceptors (Lipinski definition) is 0. The van der Waals surface area contributed by atoms with Gasteiger partial charge in [0.2, 0.25) is 0 Å². The maximum Gasteiger partial charge on any atom is 0.0251 e. The summed E-state index contributed by atoms with van der Waals surface area (Å²) in [5, 5.41) is 0.964. The number of rotatable bonds is 2. The zero-order chi connectivity index (χ0) is 12.4. The Morgan fingerprint density at radius 2 is 1.56 bits per heavy atom. The van der Waals surface area contributed by atoms with Gasteiger partial charge < -0.3 is 0 Å². The fraction of sp³-hybridized carbons (Fsp3) is 0.176. The Kier molecular flexibility index (Phi) is 3.33. The summed E-state index contributed by atoms with van der Waals surface area (Å²) < 4.78 is 0. The first kappa shape index (κ1) is 11.7. The predicted octanol–water partition coefficient (Wildman–Crippen LogP) is 4.83. The number of hydrogen-bond donors (Lipinski definition) is 0. The van der Waals surface area contributed by atoms with Gasteiger partial charge in [-0.25, -0.2) is 0 Å². The molecule has 1 aliphatic carbocycles. The maximum atomic E-state index is 3.64. The molecule has 0 N–H and O–H groups in total. The molecular weight excluding hydrogens is 284 g/mol. The van der Waals surface area contributed by atoms with Gasteiger partial charge >= 0.3 is 0 Å². The minimum atomic E-state index is 0.964. The first-order valence-corrected chi connectivity index (χ1v) is 7.44. The van der Waals surface area contributed by atoms with Gasteiger partial charge in [-0.3, -0.25) is 0 Å². The van der Waals surface area contributed by atoms with Crippen molar-refractivity contribution in [1.82, 2.24) is 0 Å². The van der Waals surface area contributed by atoms with Crippen LogP contribution in [0.5, 0.6) is 0 Å². The molecule has 0 fully saturated rings. The standard InChI is InChI=1S/C17H15Br/c18-12-15-11-10-13-6-4-5-9-16(13)17(15)14-7-2-1-3-8-14/h1-9H,10-12H2. The zero-order valence-electron chi connectivity index (χ0n) is 10.2. The van der Waals surface area contributed by atoms with Crippen molar-refractivity contribution in [3.05, 3.63) is 76.9 Å². The van der Waals surface area contributed by atoms with Gasteiger partial charge in [-0.1, -0.05) is 76.1 Å². The van der Waals surface area contributed by atoms with Gasteiger partial charge in [0.1, 0.15) is 0 Å². The van der Waals surface area contributed by atoms with E-state index in [1.54, 1.807) is 0 Å². The first-order valence-electron chi connectivity index (χ1n) is 6.32. The van der Waals surface area contributed by atoms with Crippen molar-refractivity contribution in [2.75, 3.05) is 5.33 Å². The third-order valence-corrected chi connectivity index (χ3v) is 4.24. The lowest BCUT2D eigenvalue weighted by molar-refractivity contribution is 0.924. The fourth-order valence-electron chi connectivity index (χ4n) is 2.68. The van der Waals surface area contributed by atoms with E-state index in [9.17, 15) is 0 Å². The second-order valence-corrected chi connectivity index (χ2v) is 5.20. The summed E-state index contributed by atoms with van der Waals surface area (Å²) in [4.78, 5) is 0. The zero-order valence-corrected chi connectivity index (χ0v) is 11.8. The summed E-state index contributed by atoms with van der Waals surface area (Å²) in [5.41, 5.74) is 7.15. The smallest absolute Gasteiger partial charge is 0.0251 e. The molecule has 18 heavy (non-hydrogen) atoms. The van der Waals surface area contributed by atoms with Crippen LogP contribution in [0.1, 0.15) is 23.1 Å². The highest BCUT2D eigenvalue weighted by Crippen LogP contribution is 2.36. The summed E-state index contributed by atoms with van der Waals surface area (Å²) in [6.45, 7) is 0. The molecule has 0 atom stereocenters. The van der Waals surface area contributed by atoms with Crippen LogP contribution in [0.4, 0.5) is 0 Å². The van der Waals surface area contributed by atoms with Crippen LogP contribution in [-0.2, 0) is 6.42 Å². The molecule has 0 spiro atoms. The molecule has 0 unspecified atom stereocenters. The Morgan fingerprint density at radius 3 is 2.33 bits per heavy atom. The number of benzene rings is 2. The van der Waals surface area contributed by atoms with Crippen molar-refractivity contribution in [1.29, 1.82) is 0 Å². The van der Waals surface area contributed by atoms with Crippen LogP contribution in [-0.4, -0.2) is 5.33 Å². The summed E-state index contributed by atoms with van der Waals surface area (Å²) in [7, 11) is 0. The number of alkyl halides is 1. The van der Waals surface area contributed by atoms with Gasteiger partial charge in [0.15, 0.2) is 0 Å². The van der Waals surface area contributed by atoms with Gasteiger partial charge in [0.25, 0.3) is 0 Å². The van der Waals surface area contributed by atoms with E-state index in [4.69, 9.17) is 0 Å². The van der Waals surface area contributed by atoms with E-state index in [-0.39, 0.29) is 0 Å². The Morgan fingerprint density at radius 1 is 0.833 bits per heavy atom. The minimum Gasteiger partial charge on any atom is -0.0880 e. The normalized spacial score (nSPS) is 14.5. The number of aryl methyl sites for hydroxylation is 1. The molecule has 0 bridgehead atoms. The molecule has 0 aliphatic heterocycles. The van der Waals surface area contributed by atoms with Crippen LogP contribution in [0.25, 0.3) is 5.57 Å². The third kappa shape index (κ3) is 2.04. The van der Waals surface area contributed by atoms with Crippen LogP contribution in [0, 0.1) is 0 Å². The van der Waals surface area contributed by atoms with E-state index in [1.807, 2.05) is 0 Å². The molecule has 0 nitrogen and oxygen atoms in total. The molecule has 2 aromatic rings. The third-order valence-electron chi connectivity index (χ3n) is 3.56. The van der Waals surface area contributed by atoms with E-state index < -0.39 is 0 Å². The predicted molar refractivity (Wildman–Crippen MR) is 81.0 cm³/mol. The molecule has 0 radical (unpaired) electrons. The second-order valence-electron chi connectivity index (χ2n) is 4.64. The molecule has 0 amide bonds. The van der Waals surface area contributed by atoms with Crippen LogP contribution in [0.15, 0.2) is 60.2 Å². The highest BCUT2D eigenvalue weighted by molar-refractivity contribution is 9.09. The number of halogens is 1. The highest BCUT2D eigenvalue weighted by atomic mass is 79.9. The lowest BCUT2D eigenvalue weighted by Gasteiger charge is -2.23. The fourth-order valence-corrected chi connectivity index (χ4v) is 3.24. The quantitative estimate of drug-likeness (QED) is 0.697. The van der Waals surface area contributed by atoms with Gasteiger partial charge in [0.05, 0.1) is 0 Å². The van der Waals surface area contributed by atoms with E-state index in [1.165, 1.54) is 27.8 Å². The van der Waals surface area contributed by atoms with Gasteiger partial charge in [0, 0.05) is 5.33 Å². The van der Waals surface area contributed by atoms with Crippen molar-refractivity contribution in [2.24, 2.45) is 0 Å². The Labute approximate surface area is 116 Å². The SMILES string of the molecule is BrCC1=C(c2ccccc2)c2ccccc2CC1. The van der Waals surface area contributed by atoms with E-state index in [0.717, 1.165) is 18.2 Å². The molecule has 2 aromatic carbocycles. The van der Waals surface area contributed by atoms with Crippen LogP contribution in [0.3, 0.4) is 0 Å². The molecule has 1 heteroatoms. The lowest BCUT2D eigenvalue weighted by Crippen LogP contribution is -2.07. The second kappa shape index (κ2) is 5.11. The molecular formula is C17H15Br. The topological polar surface area (TPSA) is 0 Å². The van der Waals surface area contributed by atoms with Crippen molar-refractivity contribution in [3.8, 4) is 0 Å². The van der Waals surface area contributed by atoms with Crippen molar-refractivity contribution >= 4 is 21.5 Å². The van der Waals surface area contributed by atoms with Crippen molar-refractivity contribution < 1.29 is 0 Å². The number of allylic oxidation sites excluding steroid dienone is 1. The Hall–Kier alpha value is -1.34. The summed E-state index contributed by atoms with van der Waals surface area (Å²) in [6.07, 6.45) is 2.32. The molecule has 90 valence electrons. The first-order chi connectivity index (χ1) is 8.90. The monoisotopic (exact) mass is 298 g/mol. The average molecular weight is 299 g/mol. The van der Waals surface area contributed by atoms with Gasteiger partial charge in [-0.2, -0.15) is 0 Å².